The van der Waals surface area contributed by atoms with E-state index in [1.54, 1.807) is 0 Å². The highest BCUT2D eigenvalue weighted by atomic mass is 19.2. The number of rotatable bonds is 8. The Balaban J connectivity index is 1.72. The molecule has 4 rings (SSSR count). The lowest BCUT2D eigenvalue weighted by Gasteiger charge is -2.17. The maximum absolute atomic E-state index is 15.4. The van der Waals surface area contributed by atoms with Crippen LogP contribution in [-0.2, 0) is 4.74 Å². The van der Waals surface area contributed by atoms with Crippen molar-refractivity contribution < 1.29 is 41.7 Å². The zero-order chi connectivity index (χ0) is 25.1. The first-order chi connectivity index (χ1) is 16.8. The van der Waals surface area contributed by atoms with Gasteiger partial charge in [0, 0.05) is 11.9 Å². The molecule has 1 fully saturated rings. The number of pyridine rings is 1. The smallest absolute Gasteiger partial charge is 0.356 e. The van der Waals surface area contributed by atoms with Crippen molar-refractivity contribution in [2.45, 2.75) is 18.9 Å². The van der Waals surface area contributed by atoms with Gasteiger partial charge in [0.2, 0.25) is 11.6 Å². The van der Waals surface area contributed by atoms with Crippen LogP contribution in [0.3, 0.4) is 0 Å². The Morgan fingerprint density at radius 2 is 1.69 bits per heavy atom. The van der Waals surface area contributed by atoms with E-state index in [-0.39, 0.29) is 34.7 Å². The molecule has 1 aliphatic rings. The maximum Gasteiger partial charge on any atom is 0.356 e. The highest BCUT2D eigenvalue weighted by molar-refractivity contribution is 6.07. The van der Waals surface area contributed by atoms with Gasteiger partial charge in [-0.25, -0.2) is 18.6 Å². The fourth-order valence-electron chi connectivity index (χ4n) is 3.11. The number of nitrogens with one attached hydrogen (secondary N) is 1. The minimum absolute atomic E-state index is 0.0837. The lowest BCUT2D eigenvalue weighted by molar-refractivity contribution is 0.0594. The average Bonchev–Trinajstić information content (AvgIpc) is 3.67. The Hall–Kier alpha value is -4.28. The zero-order valence-electron chi connectivity index (χ0n) is 18.6. The standard InChI is InChI=1S/C24H19F3N2O6/c1-32-22-18(6-5-14(25)20(22)26)35-16-7-8-17(34-13-3-4-13)21(27)19(16)23(30)29-12-9-10-28-15(11-12)24(31)33-2/h5-11,13H,3-4H2,1-2H3,(H,28,29,30). The first-order valence-electron chi connectivity index (χ1n) is 10.4. The molecule has 1 N–H and O–H groups in total. The fourth-order valence-corrected chi connectivity index (χ4v) is 3.11. The van der Waals surface area contributed by atoms with Gasteiger partial charge in [-0.05, 0) is 49.2 Å². The molecule has 0 unspecified atom stereocenters. The number of nitrogens with zero attached hydrogens (tertiary/aromatic N) is 1. The number of hydrogen-bond donors (Lipinski definition) is 1. The van der Waals surface area contributed by atoms with Gasteiger partial charge in [0.05, 0.1) is 20.3 Å². The normalized spacial score (nSPS) is 12.6. The van der Waals surface area contributed by atoms with Crippen molar-refractivity contribution in [1.82, 2.24) is 4.98 Å². The summed E-state index contributed by atoms with van der Waals surface area (Å²) in [7, 11) is 2.28. The third-order valence-corrected chi connectivity index (χ3v) is 4.96. The van der Waals surface area contributed by atoms with Crippen LogP contribution in [-0.4, -0.2) is 37.2 Å². The summed E-state index contributed by atoms with van der Waals surface area (Å²) in [4.78, 5) is 28.7. The first-order valence-corrected chi connectivity index (χ1v) is 10.4. The molecule has 35 heavy (non-hydrogen) atoms. The lowest BCUT2D eigenvalue weighted by atomic mass is 10.1. The van der Waals surface area contributed by atoms with Gasteiger partial charge in [0.15, 0.2) is 23.1 Å². The highest BCUT2D eigenvalue weighted by Gasteiger charge is 2.29. The molecule has 2 aromatic carbocycles. The molecule has 1 aromatic heterocycles. The van der Waals surface area contributed by atoms with Crippen molar-refractivity contribution in [3.05, 3.63) is 71.3 Å². The van der Waals surface area contributed by atoms with Crippen molar-refractivity contribution in [2.75, 3.05) is 19.5 Å². The second-order valence-corrected chi connectivity index (χ2v) is 7.44. The number of carbonyl (C=O) groups excluding carboxylic acids is 2. The molecule has 0 spiro atoms. The maximum atomic E-state index is 15.4. The molecular formula is C24H19F3N2O6. The highest BCUT2D eigenvalue weighted by Crippen LogP contribution is 2.39. The number of benzene rings is 2. The van der Waals surface area contributed by atoms with Crippen molar-refractivity contribution in [2.24, 2.45) is 0 Å². The molecule has 11 heteroatoms. The molecule has 0 aliphatic heterocycles. The van der Waals surface area contributed by atoms with Crippen LogP contribution < -0.4 is 19.5 Å². The summed E-state index contributed by atoms with van der Waals surface area (Å²) < 4.78 is 63.8. The van der Waals surface area contributed by atoms with Gasteiger partial charge in [-0.3, -0.25) is 4.79 Å². The third kappa shape index (κ3) is 5.13. The number of esters is 1. The molecule has 0 bridgehead atoms. The number of anilines is 1. The second-order valence-electron chi connectivity index (χ2n) is 7.44. The molecule has 182 valence electrons. The minimum atomic E-state index is -1.31. The number of aromatic nitrogens is 1. The quantitative estimate of drug-likeness (QED) is 0.452. The Labute approximate surface area is 197 Å². The van der Waals surface area contributed by atoms with Crippen LogP contribution >= 0.6 is 0 Å². The van der Waals surface area contributed by atoms with Gasteiger partial charge in [0.1, 0.15) is 17.0 Å². The summed E-state index contributed by atoms with van der Waals surface area (Å²) in [6, 6.07) is 7.05. The summed E-state index contributed by atoms with van der Waals surface area (Å²) in [5.41, 5.74) is -0.527. The van der Waals surface area contributed by atoms with Crippen LogP contribution in [0.15, 0.2) is 42.6 Å². The summed E-state index contributed by atoms with van der Waals surface area (Å²) in [5.74, 6) is -6.52. The predicted octanol–water partition coefficient (Wildman–Crippen LogP) is 4.88. The van der Waals surface area contributed by atoms with E-state index in [0.29, 0.717) is 0 Å². The van der Waals surface area contributed by atoms with Gasteiger partial charge in [-0.1, -0.05) is 0 Å². The van der Waals surface area contributed by atoms with Crippen molar-refractivity contribution >= 4 is 17.6 Å². The number of methoxy groups -OCH3 is 2. The molecular weight excluding hydrogens is 469 g/mol. The summed E-state index contributed by atoms with van der Waals surface area (Å²) in [6.45, 7) is 0. The molecule has 1 amide bonds. The van der Waals surface area contributed by atoms with E-state index in [4.69, 9.17) is 14.2 Å². The van der Waals surface area contributed by atoms with E-state index in [2.05, 4.69) is 15.0 Å². The van der Waals surface area contributed by atoms with Crippen LogP contribution in [0.1, 0.15) is 33.7 Å². The number of amides is 1. The SMILES string of the molecule is COC(=O)c1cc(NC(=O)c2c(Oc3ccc(F)c(F)c3OC)ccc(OC3CC3)c2F)ccn1. The molecule has 3 aromatic rings. The summed E-state index contributed by atoms with van der Waals surface area (Å²) in [6.07, 6.45) is 2.59. The van der Waals surface area contributed by atoms with Crippen molar-refractivity contribution in [3.8, 4) is 23.0 Å². The summed E-state index contributed by atoms with van der Waals surface area (Å²) in [5, 5.41) is 2.46. The molecule has 8 nitrogen and oxygen atoms in total. The van der Waals surface area contributed by atoms with E-state index in [1.807, 2.05) is 0 Å². The molecule has 0 radical (unpaired) electrons. The van der Waals surface area contributed by atoms with Gasteiger partial charge < -0.3 is 24.3 Å². The van der Waals surface area contributed by atoms with Gasteiger partial charge >= 0.3 is 5.97 Å². The van der Waals surface area contributed by atoms with E-state index < -0.39 is 40.6 Å². The van der Waals surface area contributed by atoms with E-state index >= 15 is 4.39 Å². The monoisotopic (exact) mass is 488 g/mol. The van der Waals surface area contributed by atoms with Crippen LogP contribution in [0, 0.1) is 17.5 Å². The van der Waals surface area contributed by atoms with Crippen molar-refractivity contribution in [3.63, 3.8) is 0 Å². The number of carbonyl (C=O) groups is 2. The second kappa shape index (κ2) is 9.92. The topological polar surface area (TPSA) is 96.0 Å². The van der Waals surface area contributed by atoms with Gasteiger partial charge in [0.25, 0.3) is 5.91 Å². The lowest BCUT2D eigenvalue weighted by Crippen LogP contribution is -2.17. The number of halogens is 3. The molecule has 1 heterocycles. The Bertz CT molecular complexity index is 1300. The van der Waals surface area contributed by atoms with Crippen LogP contribution in [0.5, 0.6) is 23.0 Å². The molecule has 0 saturated heterocycles. The molecule has 1 saturated carbocycles. The van der Waals surface area contributed by atoms with Gasteiger partial charge in [-0.15, -0.1) is 0 Å². The van der Waals surface area contributed by atoms with Gasteiger partial charge in [-0.2, -0.15) is 4.39 Å². The Morgan fingerprint density at radius 1 is 0.971 bits per heavy atom. The zero-order valence-corrected chi connectivity index (χ0v) is 18.6. The average molecular weight is 488 g/mol. The number of ether oxygens (including phenoxy) is 4. The van der Waals surface area contributed by atoms with Crippen molar-refractivity contribution in [1.29, 1.82) is 0 Å². The third-order valence-electron chi connectivity index (χ3n) is 4.96. The molecule has 1 aliphatic carbocycles. The van der Waals surface area contributed by atoms with Crippen LogP contribution in [0.25, 0.3) is 0 Å². The summed E-state index contributed by atoms with van der Waals surface area (Å²) >= 11 is 0. The van der Waals surface area contributed by atoms with E-state index in [0.717, 1.165) is 32.1 Å². The van der Waals surface area contributed by atoms with Crippen LogP contribution in [0.4, 0.5) is 18.9 Å². The predicted molar refractivity (Wildman–Crippen MR) is 117 cm³/mol. The Morgan fingerprint density at radius 3 is 2.37 bits per heavy atom. The minimum Gasteiger partial charge on any atom is -0.490 e. The number of hydrogen-bond acceptors (Lipinski definition) is 7. The van der Waals surface area contributed by atoms with Crippen LogP contribution in [0.2, 0.25) is 0 Å². The van der Waals surface area contributed by atoms with E-state index in [1.165, 1.54) is 37.6 Å². The van der Waals surface area contributed by atoms with E-state index in [9.17, 15) is 18.4 Å². The Kier molecular flexibility index (Phi) is 6.76. The molecule has 0 atom stereocenters. The fraction of sp³-hybridized carbons (Fsp3) is 0.208. The first kappa shape index (κ1) is 23.9. The largest absolute Gasteiger partial charge is 0.490 e.